The second kappa shape index (κ2) is 8.75. The molecule has 8 heteroatoms. The number of benzene rings is 2. The zero-order chi connectivity index (χ0) is 20.1. The van der Waals surface area contributed by atoms with E-state index in [9.17, 15) is 18.8 Å². The molecule has 0 bridgehead atoms. The van der Waals surface area contributed by atoms with Crippen LogP contribution in [0.5, 0.6) is 0 Å². The summed E-state index contributed by atoms with van der Waals surface area (Å²) >= 11 is 5.78. The molecule has 142 valence electrons. The van der Waals surface area contributed by atoms with Crippen LogP contribution in [-0.2, 0) is 9.59 Å². The number of aliphatic hydroxyl groups is 1. The molecule has 1 atom stereocenters. The maximum atomic E-state index is 13.3. The van der Waals surface area contributed by atoms with E-state index in [2.05, 4.69) is 5.32 Å². The lowest BCUT2D eigenvalue weighted by Gasteiger charge is -2.25. The molecule has 0 aliphatic carbocycles. The highest BCUT2D eigenvalue weighted by Gasteiger charge is 2.32. The van der Waals surface area contributed by atoms with Gasteiger partial charge in [0.25, 0.3) is 5.91 Å². The Morgan fingerprint density at radius 3 is 2.26 bits per heavy atom. The van der Waals surface area contributed by atoms with Gasteiger partial charge in [-0.05, 0) is 35.4 Å². The summed E-state index contributed by atoms with van der Waals surface area (Å²) in [6.45, 7) is -0.861. The van der Waals surface area contributed by atoms with Gasteiger partial charge in [0, 0.05) is 19.7 Å². The van der Waals surface area contributed by atoms with Crippen molar-refractivity contribution in [1.82, 2.24) is 10.2 Å². The monoisotopic (exact) mass is 392 g/mol. The Balaban J connectivity index is 2.26. The van der Waals surface area contributed by atoms with E-state index >= 15 is 0 Å². The summed E-state index contributed by atoms with van der Waals surface area (Å²) in [7, 11) is 2.64. The van der Waals surface area contributed by atoms with Crippen molar-refractivity contribution in [3.05, 3.63) is 58.9 Å². The summed E-state index contributed by atoms with van der Waals surface area (Å²) in [5, 5.41) is 11.3. The highest BCUT2D eigenvalue weighted by Crippen LogP contribution is 2.25. The normalized spacial score (nSPS) is 11.6. The second-order valence-corrected chi connectivity index (χ2v) is 6.17. The van der Waals surface area contributed by atoms with E-state index < -0.39 is 36.1 Å². The van der Waals surface area contributed by atoms with Gasteiger partial charge in [0.1, 0.15) is 12.4 Å². The number of amides is 2. The molecular weight excluding hydrogens is 375 g/mol. The molecule has 2 aromatic carbocycles. The molecule has 2 aromatic rings. The van der Waals surface area contributed by atoms with Gasteiger partial charge in [0.05, 0.1) is 5.02 Å². The summed E-state index contributed by atoms with van der Waals surface area (Å²) in [6, 6.07) is 9.20. The predicted molar refractivity (Wildman–Crippen MR) is 98.9 cm³/mol. The van der Waals surface area contributed by atoms with E-state index in [1.165, 1.54) is 38.4 Å². The summed E-state index contributed by atoms with van der Waals surface area (Å²) in [4.78, 5) is 37.3. The molecule has 0 saturated heterocycles. The average molecular weight is 393 g/mol. The predicted octanol–water partition coefficient (Wildman–Crippen LogP) is 1.89. The minimum Gasteiger partial charge on any atom is -0.388 e. The molecule has 0 saturated carbocycles. The standard InChI is InChI=1S/C19H18ClFN2O4/c1-22-18(26)17(16(25)10-24)23(2)19(27)12-5-3-11(4-6-12)13-7-8-15(21)14(20)9-13/h3-9,17,24H,10H2,1-2H3,(H,22,26). The first-order valence-electron chi connectivity index (χ1n) is 7.98. The molecule has 0 aromatic heterocycles. The Labute approximate surface area is 160 Å². The topological polar surface area (TPSA) is 86.7 Å². The molecule has 2 amide bonds. The molecule has 27 heavy (non-hydrogen) atoms. The first-order valence-corrected chi connectivity index (χ1v) is 8.35. The second-order valence-electron chi connectivity index (χ2n) is 5.76. The van der Waals surface area contributed by atoms with Gasteiger partial charge in [-0.3, -0.25) is 14.4 Å². The van der Waals surface area contributed by atoms with Crippen molar-refractivity contribution in [1.29, 1.82) is 0 Å². The van der Waals surface area contributed by atoms with E-state index in [1.807, 2.05) is 0 Å². The summed E-state index contributed by atoms with van der Waals surface area (Å²) < 4.78 is 13.3. The molecule has 0 fully saturated rings. The number of rotatable bonds is 6. The quantitative estimate of drug-likeness (QED) is 0.735. The van der Waals surface area contributed by atoms with E-state index in [1.54, 1.807) is 18.2 Å². The van der Waals surface area contributed by atoms with Crippen LogP contribution in [0.1, 0.15) is 10.4 Å². The number of ketones is 1. The zero-order valence-corrected chi connectivity index (χ0v) is 15.5. The van der Waals surface area contributed by atoms with Gasteiger partial charge in [0.15, 0.2) is 11.8 Å². The molecule has 1 unspecified atom stereocenters. The van der Waals surface area contributed by atoms with Gasteiger partial charge < -0.3 is 15.3 Å². The van der Waals surface area contributed by atoms with Crippen molar-refractivity contribution in [2.24, 2.45) is 0 Å². The molecule has 0 spiro atoms. The summed E-state index contributed by atoms with van der Waals surface area (Å²) in [5.74, 6) is -2.57. The first kappa shape index (κ1) is 20.5. The first-order chi connectivity index (χ1) is 12.8. The third kappa shape index (κ3) is 4.50. The highest BCUT2D eigenvalue weighted by molar-refractivity contribution is 6.31. The van der Waals surface area contributed by atoms with Crippen molar-refractivity contribution in [3.63, 3.8) is 0 Å². The van der Waals surface area contributed by atoms with E-state index in [0.717, 1.165) is 4.90 Å². The Morgan fingerprint density at radius 1 is 1.15 bits per heavy atom. The van der Waals surface area contributed by atoms with Crippen molar-refractivity contribution in [2.75, 3.05) is 20.7 Å². The van der Waals surface area contributed by atoms with Crippen LogP contribution in [0.4, 0.5) is 4.39 Å². The Bertz CT molecular complexity index is 855. The van der Waals surface area contributed by atoms with Crippen LogP contribution in [0.2, 0.25) is 5.02 Å². The van der Waals surface area contributed by atoms with Crippen LogP contribution < -0.4 is 5.32 Å². The number of Topliss-reactive ketones (excluding diaryl/α,β-unsaturated/α-hetero) is 1. The lowest BCUT2D eigenvalue weighted by atomic mass is 10.0. The highest BCUT2D eigenvalue weighted by atomic mass is 35.5. The van der Waals surface area contributed by atoms with Gasteiger partial charge in [-0.25, -0.2) is 4.39 Å². The number of carbonyl (C=O) groups excluding carboxylic acids is 3. The van der Waals surface area contributed by atoms with Crippen molar-refractivity contribution in [2.45, 2.75) is 6.04 Å². The smallest absolute Gasteiger partial charge is 0.254 e. The van der Waals surface area contributed by atoms with E-state index in [-0.39, 0.29) is 10.6 Å². The van der Waals surface area contributed by atoms with Gasteiger partial charge in [0.2, 0.25) is 5.91 Å². The zero-order valence-electron chi connectivity index (χ0n) is 14.7. The lowest BCUT2D eigenvalue weighted by molar-refractivity contribution is -0.135. The third-order valence-corrected chi connectivity index (χ3v) is 4.34. The molecule has 2 rings (SSSR count). The number of likely N-dealkylation sites (N-methyl/N-ethyl adjacent to an activating group) is 2. The van der Waals surface area contributed by atoms with Crippen LogP contribution in [0.3, 0.4) is 0 Å². The number of halogens is 2. The molecule has 0 heterocycles. The number of hydrogen-bond donors (Lipinski definition) is 2. The fraction of sp³-hybridized carbons (Fsp3) is 0.211. The fourth-order valence-electron chi connectivity index (χ4n) is 2.56. The van der Waals surface area contributed by atoms with Crippen molar-refractivity contribution >= 4 is 29.2 Å². The van der Waals surface area contributed by atoms with Crippen LogP contribution >= 0.6 is 11.6 Å². The van der Waals surface area contributed by atoms with Crippen LogP contribution in [-0.4, -0.2) is 54.3 Å². The summed E-state index contributed by atoms with van der Waals surface area (Å²) in [6.07, 6.45) is 0. The van der Waals surface area contributed by atoms with Crippen LogP contribution in [0, 0.1) is 5.82 Å². The minimum atomic E-state index is -1.43. The van der Waals surface area contributed by atoms with Crippen LogP contribution in [0.25, 0.3) is 11.1 Å². The Hall–Kier alpha value is -2.77. The Kier molecular flexibility index (Phi) is 6.65. The Morgan fingerprint density at radius 2 is 1.74 bits per heavy atom. The van der Waals surface area contributed by atoms with E-state index in [0.29, 0.717) is 11.1 Å². The average Bonchev–Trinajstić information content (AvgIpc) is 2.69. The number of nitrogens with zero attached hydrogens (tertiary/aromatic N) is 1. The molecule has 0 radical (unpaired) electrons. The van der Waals surface area contributed by atoms with Gasteiger partial charge >= 0.3 is 0 Å². The van der Waals surface area contributed by atoms with Crippen molar-refractivity contribution < 1.29 is 23.9 Å². The molecular formula is C19H18ClFN2O4. The van der Waals surface area contributed by atoms with Gasteiger partial charge in [-0.15, -0.1) is 0 Å². The number of aliphatic hydroxyl groups excluding tert-OH is 1. The molecule has 6 nitrogen and oxygen atoms in total. The van der Waals surface area contributed by atoms with Crippen molar-refractivity contribution in [3.8, 4) is 11.1 Å². The largest absolute Gasteiger partial charge is 0.388 e. The number of hydrogen-bond acceptors (Lipinski definition) is 4. The maximum Gasteiger partial charge on any atom is 0.254 e. The third-order valence-electron chi connectivity index (χ3n) is 4.05. The number of nitrogens with one attached hydrogen (secondary N) is 1. The van der Waals surface area contributed by atoms with E-state index in [4.69, 9.17) is 16.7 Å². The SMILES string of the molecule is CNC(=O)C(C(=O)CO)N(C)C(=O)c1ccc(-c2ccc(F)c(Cl)c2)cc1. The lowest BCUT2D eigenvalue weighted by Crippen LogP contribution is -2.52. The van der Waals surface area contributed by atoms with Crippen LogP contribution in [0.15, 0.2) is 42.5 Å². The molecule has 0 aliphatic rings. The molecule has 0 aliphatic heterocycles. The molecule has 2 N–H and O–H groups in total. The minimum absolute atomic E-state index is 0.0108. The summed E-state index contributed by atoms with van der Waals surface area (Å²) in [5.41, 5.74) is 1.63. The van der Waals surface area contributed by atoms with Gasteiger partial charge in [-0.2, -0.15) is 0 Å². The van der Waals surface area contributed by atoms with Gasteiger partial charge in [-0.1, -0.05) is 29.8 Å². The number of carbonyl (C=O) groups is 3. The fourth-order valence-corrected chi connectivity index (χ4v) is 2.74. The maximum absolute atomic E-state index is 13.3.